The van der Waals surface area contributed by atoms with E-state index in [1.54, 1.807) is 0 Å². The van der Waals surface area contributed by atoms with E-state index in [0.717, 1.165) is 19.5 Å². The molecule has 0 spiro atoms. The molecule has 1 unspecified atom stereocenters. The molecule has 2 aliphatic rings. The summed E-state index contributed by atoms with van der Waals surface area (Å²) in [5.41, 5.74) is 2.95. The molecule has 2 heteroatoms. The van der Waals surface area contributed by atoms with E-state index in [1.807, 2.05) is 0 Å². The van der Waals surface area contributed by atoms with Gasteiger partial charge < -0.3 is 10.1 Å². The second-order valence-electron chi connectivity index (χ2n) is 4.90. The van der Waals surface area contributed by atoms with Crippen molar-refractivity contribution >= 4 is 0 Å². The first-order valence-electron chi connectivity index (χ1n) is 5.73. The summed E-state index contributed by atoms with van der Waals surface area (Å²) in [5.74, 6) is 0. The molecule has 3 rings (SSSR count). The molecule has 0 aromatic heterocycles. The summed E-state index contributed by atoms with van der Waals surface area (Å²) in [5, 5.41) is 3.27. The summed E-state index contributed by atoms with van der Waals surface area (Å²) >= 11 is 0. The Hall–Kier alpha value is -0.860. The average Bonchev–Trinajstić information content (AvgIpc) is 2.60. The molecule has 1 N–H and O–H groups in total. The second kappa shape index (κ2) is 3.32. The molecule has 0 bridgehead atoms. The van der Waals surface area contributed by atoms with Crippen LogP contribution in [0.5, 0.6) is 0 Å². The maximum absolute atomic E-state index is 6.20. The number of hydrogen-bond donors (Lipinski definition) is 1. The summed E-state index contributed by atoms with van der Waals surface area (Å²) in [4.78, 5) is 0. The fourth-order valence-corrected chi connectivity index (χ4v) is 2.54. The highest BCUT2D eigenvalue weighted by molar-refractivity contribution is 5.33. The molecule has 15 heavy (non-hydrogen) atoms. The highest BCUT2D eigenvalue weighted by Crippen LogP contribution is 2.37. The molecular weight excluding hydrogens is 186 g/mol. The van der Waals surface area contributed by atoms with Crippen molar-refractivity contribution in [3.05, 3.63) is 35.4 Å². The van der Waals surface area contributed by atoms with Crippen LogP contribution in [0, 0.1) is 0 Å². The van der Waals surface area contributed by atoms with Gasteiger partial charge in [0.2, 0.25) is 0 Å². The zero-order valence-corrected chi connectivity index (χ0v) is 9.12. The summed E-state index contributed by atoms with van der Waals surface area (Å²) in [7, 11) is 0. The van der Waals surface area contributed by atoms with Crippen molar-refractivity contribution in [2.45, 2.75) is 31.5 Å². The van der Waals surface area contributed by atoms with E-state index < -0.39 is 0 Å². The second-order valence-corrected chi connectivity index (χ2v) is 4.90. The van der Waals surface area contributed by atoms with Gasteiger partial charge in [-0.1, -0.05) is 24.3 Å². The van der Waals surface area contributed by atoms with Crippen LogP contribution < -0.4 is 5.32 Å². The lowest BCUT2D eigenvalue weighted by atomic mass is 9.99. The molecule has 1 fully saturated rings. The first kappa shape index (κ1) is 9.37. The molecule has 80 valence electrons. The fourth-order valence-electron chi connectivity index (χ4n) is 2.54. The van der Waals surface area contributed by atoms with Crippen LogP contribution in [-0.4, -0.2) is 18.7 Å². The van der Waals surface area contributed by atoms with Crippen molar-refractivity contribution in [2.24, 2.45) is 0 Å². The van der Waals surface area contributed by atoms with Gasteiger partial charge in [0, 0.05) is 13.1 Å². The quantitative estimate of drug-likeness (QED) is 0.794. The van der Waals surface area contributed by atoms with Crippen LogP contribution in [0.25, 0.3) is 0 Å². The Morgan fingerprint density at radius 2 is 2.13 bits per heavy atom. The Kier molecular flexibility index (Phi) is 2.08. The highest BCUT2D eigenvalue weighted by Gasteiger charge is 2.37. The van der Waals surface area contributed by atoms with Gasteiger partial charge in [0.25, 0.3) is 0 Å². The number of nitrogens with one attached hydrogen (secondary N) is 1. The predicted octanol–water partition coefficient (Wildman–Crippen LogP) is 2.05. The first-order valence-corrected chi connectivity index (χ1v) is 5.73. The molecule has 1 aliphatic carbocycles. The van der Waals surface area contributed by atoms with Gasteiger partial charge in [-0.25, -0.2) is 0 Å². The molecular formula is C13H17NO. The van der Waals surface area contributed by atoms with Crippen LogP contribution in [0.15, 0.2) is 24.3 Å². The third-order valence-corrected chi connectivity index (χ3v) is 3.50. The monoisotopic (exact) mass is 203 g/mol. The molecule has 1 atom stereocenters. The van der Waals surface area contributed by atoms with Crippen LogP contribution in [0.2, 0.25) is 0 Å². The third-order valence-electron chi connectivity index (χ3n) is 3.50. The van der Waals surface area contributed by atoms with Crippen LogP contribution in [0.3, 0.4) is 0 Å². The van der Waals surface area contributed by atoms with Crippen LogP contribution in [-0.2, 0) is 11.2 Å². The molecule has 0 radical (unpaired) electrons. The molecule has 1 aromatic rings. The van der Waals surface area contributed by atoms with Crippen molar-refractivity contribution in [3.8, 4) is 0 Å². The molecule has 0 amide bonds. The SMILES string of the molecule is CC1(OC2CCc3ccccc32)CNC1. The molecule has 1 aliphatic heterocycles. The number of fused-ring (bicyclic) bond motifs is 1. The largest absolute Gasteiger partial charge is 0.365 e. The fraction of sp³-hybridized carbons (Fsp3) is 0.538. The minimum Gasteiger partial charge on any atom is -0.365 e. The maximum Gasteiger partial charge on any atom is 0.0910 e. The lowest BCUT2D eigenvalue weighted by Crippen LogP contribution is -2.59. The Morgan fingerprint density at radius 3 is 2.87 bits per heavy atom. The van der Waals surface area contributed by atoms with Crippen molar-refractivity contribution < 1.29 is 4.74 Å². The zero-order valence-electron chi connectivity index (χ0n) is 9.12. The van der Waals surface area contributed by atoms with Crippen molar-refractivity contribution in [2.75, 3.05) is 13.1 Å². The van der Waals surface area contributed by atoms with Gasteiger partial charge in [0.05, 0.1) is 11.7 Å². The number of benzene rings is 1. The van der Waals surface area contributed by atoms with Gasteiger partial charge in [0.1, 0.15) is 0 Å². The molecule has 0 saturated carbocycles. The van der Waals surface area contributed by atoms with Gasteiger partial charge in [-0.3, -0.25) is 0 Å². The lowest BCUT2D eigenvalue weighted by molar-refractivity contribution is -0.112. The van der Waals surface area contributed by atoms with E-state index in [2.05, 4.69) is 36.5 Å². The summed E-state index contributed by atoms with van der Waals surface area (Å²) in [6.07, 6.45) is 2.65. The number of ether oxygens (including phenoxy) is 1. The lowest BCUT2D eigenvalue weighted by Gasteiger charge is -2.41. The Bertz CT molecular complexity index is 371. The standard InChI is InChI=1S/C13H17NO/c1-13(8-14-9-13)15-12-7-6-10-4-2-3-5-11(10)12/h2-5,12,14H,6-9H2,1H3. The van der Waals surface area contributed by atoms with Crippen LogP contribution in [0.4, 0.5) is 0 Å². The summed E-state index contributed by atoms with van der Waals surface area (Å²) in [6.45, 7) is 4.18. The molecule has 2 nitrogen and oxygen atoms in total. The van der Waals surface area contributed by atoms with Crippen molar-refractivity contribution in [1.29, 1.82) is 0 Å². The van der Waals surface area contributed by atoms with Gasteiger partial charge in [0.15, 0.2) is 0 Å². The third kappa shape index (κ3) is 1.58. The molecule has 1 aromatic carbocycles. The van der Waals surface area contributed by atoms with E-state index in [1.165, 1.54) is 17.5 Å². The number of aryl methyl sites for hydroxylation is 1. The number of hydrogen-bond acceptors (Lipinski definition) is 2. The maximum atomic E-state index is 6.20. The smallest absolute Gasteiger partial charge is 0.0910 e. The van der Waals surface area contributed by atoms with Crippen LogP contribution >= 0.6 is 0 Å². The Labute approximate surface area is 90.6 Å². The number of rotatable bonds is 2. The predicted molar refractivity (Wildman–Crippen MR) is 59.9 cm³/mol. The Balaban J connectivity index is 1.79. The molecule has 1 saturated heterocycles. The van der Waals surface area contributed by atoms with Crippen molar-refractivity contribution in [1.82, 2.24) is 5.32 Å². The highest BCUT2D eigenvalue weighted by atomic mass is 16.5. The minimum absolute atomic E-state index is 0.0715. The van der Waals surface area contributed by atoms with Crippen molar-refractivity contribution in [3.63, 3.8) is 0 Å². The summed E-state index contributed by atoms with van der Waals surface area (Å²) in [6, 6.07) is 8.66. The van der Waals surface area contributed by atoms with E-state index in [9.17, 15) is 0 Å². The Morgan fingerprint density at radius 1 is 1.33 bits per heavy atom. The zero-order chi connectivity index (χ0) is 10.3. The summed E-state index contributed by atoms with van der Waals surface area (Å²) < 4.78 is 6.20. The van der Waals surface area contributed by atoms with E-state index in [4.69, 9.17) is 4.74 Å². The van der Waals surface area contributed by atoms with Gasteiger partial charge >= 0.3 is 0 Å². The minimum atomic E-state index is 0.0715. The average molecular weight is 203 g/mol. The topological polar surface area (TPSA) is 21.3 Å². The van der Waals surface area contributed by atoms with E-state index in [0.29, 0.717) is 6.10 Å². The first-order chi connectivity index (χ1) is 7.27. The van der Waals surface area contributed by atoms with E-state index in [-0.39, 0.29) is 5.60 Å². The van der Waals surface area contributed by atoms with Gasteiger partial charge in [-0.05, 0) is 30.9 Å². The normalized spacial score (nSPS) is 27.1. The van der Waals surface area contributed by atoms with E-state index >= 15 is 0 Å². The van der Waals surface area contributed by atoms with Gasteiger partial charge in [-0.15, -0.1) is 0 Å². The van der Waals surface area contributed by atoms with Crippen LogP contribution in [0.1, 0.15) is 30.6 Å². The van der Waals surface area contributed by atoms with Gasteiger partial charge in [-0.2, -0.15) is 0 Å². The molecule has 1 heterocycles.